The minimum atomic E-state index is -0.656. The largest absolute Gasteiger partial charge is 0.314 e. The Labute approximate surface area is 140 Å². The molecule has 1 aliphatic rings. The van der Waals surface area contributed by atoms with Gasteiger partial charge in [-0.05, 0) is 12.1 Å². The lowest BCUT2D eigenvalue weighted by molar-refractivity contribution is 0.172. The highest BCUT2D eigenvalue weighted by Crippen LogP contribution is 2.34. The molecule has 0 aromatic heterocycles. The first-order valence-electron chi connectivity index (χ1n) is 6.10. The van der Waals surface area contributed by atoms with E-state index in [1.54, 1.807) is 0 Å². The number of nitriles is 1. The number of nitrogens with zero attached hydrogens (tertiary/aromatic N) is 2. The monoisotopic (exact) mass is 357 g/mol. The van der Waals surface area contributed by atoms with E-state index in [0.29, 0.717) is 13.1 Å². The fourth-order valence-corrected chi connectivity index (χ4v) is 2.62. The Morgan fingerprint density at radius 2 is 1.81 bits per heavy atom. The molecule has 1 aliphatic heterocycles. The molecule has 21 heavy (non-hydrogen) atoms. The molecule has 8 heteroatoms. The number of nitrogens with one attached hydrogen (secondary N) is 1. The van der Waals surface area contributed by atoms with Crippen LogP contribution in [0.3, 0.4) is 0 Å². The molecular formula is C13H16Cl3F2N3. The van der Waals surface area contributed by atoms with E-state index in [0.717, 1.165) is 25.2 Å². The lowest BCUT2D eigenvalue weighted by atomic mass is 10.0. The van der Waals surface area contributed by atoms with Crippen LogP contribution in [0.2, 0.25) is 5.02 Å². The van der Waals surface area contributed by atoms with Gasteiger partial charge in [0.2, 0.25) is 0 Å². The average Bonchev–Trinajstić information content (AvgIpc) is 2.43. The molecule has 118 valence electrons. The minimum Gasteiger partial charge on any atom is -0.314 e. The highest BCUT2D eigenvalue weighted by atomic mass is 35.5. The zero-order chi connectivity index (χ0) is 13.8. The van der Waals surface area contributed by atoms with Crippen molar-refractivity contribution in [3.8, 4) is 6.07 Å². The van der Waals surface area contributed by atoms with Gasteiger partial charge in [0.05, 0.1) is 23.6 Å². The van der Waals surface area contributed by atoms with E-state index in [1.807, 2.05) is 11.0 Å². The van der Waals surface area contributed by atoms with Gasteiger partial charge in [0.1, 0.15) is 11.6 Å². The van der Waals surface area contributed by atoms with Crippen molar-refractivity contribution in [1.29, 1.82) is 5.26 Å². The van der Waals surface area contributed by atoms with Crippen LogP contribution in [0.1, 0.15) is 18.0 Å². The Bertz CT molecular complexity index is 502. The van der Waals surface area contributed by atoms with Crippen LogP contribution in [-0.4, -0.2) is 31.1 Å². The van der Waals surface area contributed by atoms with Crippen LogP contribution < -0.4 is 5.32 Å². The number of benzene rings is 1. The Morgan fingerprint density at radius 1 is 1.24 bits per heavy atom. The Balaban J connectivity index is 0.00000200. The van der Waals surface area contributed by atoms with E-state index in [2.05, 4.69) is 5.32 Å². The Hall–Kier alpha value is -0.640. The molecule has 3 nitrogen and oxygen atoms in total. The first-order chi connectivity index (χ1) is 9.15. The van der Waals surface area contributed by atoms with Crippen LogP contribution in [0.5, 0.6) is 0 Å². The molecule has 1 saturated heterocycles. The second kappa shape index (κ2) is 9.39. The maximum absolute atomic E-state index is 14.0. The summed E-state index contributed by atoms with van der Waals surface area (Å²) in [6, 6.07) is 3.58. The summed E-state index contributed by atoms with van der Waals surface area (Å²) in [4.78, 5) is 1.96. The van der Waals surface area contributed by atoms with Crippen LogP contribution in [-0.2, 0) is 0 Å². The first-order valence-corrected chi connectivity index (χ1v) is 6.48. The predicted octanol–water partition coefficient (Wildman–Crippen LogP) is 3.32. The van der Waals surface area contributed by atoms with Crippen LogP contribution in [0, 0.1) is 23.0 Å². The number of halogens is 5. The summed E-state index contributed by atoms with van der Waals surface area (Å²) in [7, 11) is 0. The second-order valence-electron chi connectivity index (χ2n) is 4.42. The Morgan fingerprint density at radius 3 is 2.38 bits per heavy atom. The van der Waals surface area contributed by atoms with Crippen molar-refractivity contribution >= 4 is 36.4 Å². The van der Waals surface area contributed by atoms with Crippen LogP contribution >= 0.6 is 36.4 Å². The second-order valence-corrected chi connectivity index (χ2v) is 4.80. The normalized spacial score (nSPS) is 16.3. The topological polar surface area (TPSA) is 39.1 Å². The molecule has 0 saturated carbocycles. The van der Waals surface area contributed by atoms with Crippen molar-refractivity contribution in [2.75, 3.05) is 26.2 Å². The van der Waals surface area contributed by atoms with E-state index >= 15 is 0 Å². The molecule has 0 spiro atoms. The van der Waals surface area contributed by atoms with Crippen molar-refractivity contribution in [3.63, 3.8) is 0 Å². The van der Waals surface area contributed by atoms with Crippen LogP contribution in [0.4, 0.5) is 8.78 Å². The van der Waals surface area contributed by atoms with Gasteiger partial charge in [0.25, 0.3) is 0 Å². The zero-order valence-electron chi connectivity index (χ0n) is 11.1. The molecule has 0 radical (unpaired) electrons. The van der Waals surface area contributed by atoms with Gasteiger partial charge in [-0.25, -0.2) is 8.78 Å². The standard InChI is InChI=1S/C13H14ClF2N3.2ClH/c14-13-10(16)2-1-9(15)12(13)11(3-4-17)19-7-5-18-6-8-19;;/h1-2,11,18H,3,5-8H2;2*1H/t11-;;/m1../s1. The lowest BCUT2D eigenvalue weighted by Crippen LogP contribution is -2.45. The highest BCUT2D eigenvalue weighted by Gasteiger charge is 2.27. The molecule has 1 fully saturated rings. The van der Waals surface area contributed by atoms with E-state index in [-0.39, 0.29) is 41.8 Å². The summed E-state index contributed by atoms with van der Waals surface area (Å²) in [5, 5.41) is 11.9. The maximum atomic E-state index is 14.0. The molecule has 1 aromatic carbocycles. The Kier molecular flexibility index (Phi) is 9.11. The summed E-state index contributed by atoms with van der Waals surface area (Å²) in [5.74, 6) is -1.22. The summed E-state index contributed by atoms with van der Waals surface area (Å²) in [6.07, 6.45) is 0.0834. The van der Waals surface area contributed by atoms with Gasteiger partial charge in [0, 0.05) is 31.7 Å². The third-order valence-electron chi connectivity index (χ3n) is 3.29. The molecule has 1 N–H and O–H groups in total. The zero-order valence-corrected chi connectivity index (χ0v) is 13.5. The van der Waals surface area contributed by atoms with Gasteiger partial charge >= 0.3 is 0 Å². The van der Waals surface area contributed by atoms with Gasteiger partial charge < -0.3 is 5.32 Å². The number of piperazine rings is 1. The molecular weight excluding hydrogens is 343 g/mol. The van der Waals surface area contributed by atoms with Crippen molar-refractivity contribution in [2.45, 2.75) is 12.5 Å². The van der Waals surface area contributed by atoms with Crippen molar-refractivity contribution in [3.05, 3.63) is 34.4 Å². The van der Waals surface area contributed by atoms with Crippen molar-refractivity contribution < 1.29 is 8.78 Å². The van der Waals surface area contributed by atoms with Gasteiger partial charge in [-0.15, -0.1) is 24.8 Å². The van der Waals surface area contributed by atoms with E-state index in [9.17, 15) is 8.78 Å². The smallest absolute Gasteiger partial charge is 0.142 e. The quantitative estimate of drug-likeness (QED) is 0.843. The molecule has 0 unspecified atom stereocenters. The molecule has 1 aromatic rings. The van der Waals surface area contributed by atoms with Crippen molar-refractivity contribution in [1.82, 2.24) is 10.2 Å². The average molecular weight is 359 g/mol. The van der Waals surface area contributed by atoms with Crippen molar-refractivity contribution in [2.24, 2.45) is 0 Å². The molecule has 0 amide bonds. The highest BCUT2D eigenvalue weighted by molar-refractivity contribution is 6.31. The van der Waals surface area contributed by atoms with E-state index in [4.69, 9.17) is 16.9 Å². The fourth-order valence-electron chi connectivity index (χ4n) is 2.34. The van der Waals surface area contributed by atoms with Gasteiger partial charge in [-0.3, -0.25) is 4.90 Å². The summed E-state index contributed by atoms with van der Waals surface area (Å²) < 4.78 is 27.5. The summed E-state index contributed by atoms with van der Waals surface area (Å²) in [6.45, 7) is 2.88. The van der Waals surface area contributed by atoms with Crippen LogP contribution in [0.25, 0.3) is 0 Å². The lowest BCUT2D eigenvalue weighted by Gasteiger charge is -2.34. The van der Waals surface area contributed by atoms with Gasteiger partial charge in [0.15, 0.2) is 0 Å². The van der Waals surface area contributed by atoms with E-state index < -0.39 is 17.7 Å². The summed E-state index contributed by atoms with van der Waals surface area (Å²) >= 11 is 5.88. The minimum absolute atomic E-state index is 0. The first kappa shape index (κ1) is 20.4. The molecule has 2 rings (SSSR count). The molecule has 0 aliphatic carbocycles. The maximum Gasteiger partial charge on any atom is 0.142 e. The molecule has 1 heterocycles. The molecule has 1 atom stereocenters. The van der Waals surface area contributed by atoms with Gasteiger partial charge in [-0.2, -0.15) is 5.26 Å². The number of hydrogen-bond donors (Lipinski definition) is 1. The third kappa shape index (κ3) is 4.67. The van der Waals surface area contributed by atoms with E-state index in [1.165, 1.54) is 0 Å². The fraction of sp³-hybridized carbons (Fsp3) is 0.462. The van der Waals surface area contributed by atoms with Gasteiger partial charge in [-0.1, -0.05) is 11.6 Å². The summed E-state index contributed by atoms with van der Waals surface area (Å²) in [5.41, 5.74) is 0.0881. The van der Waals surface area contributed by atoms with Crippen LogP contribution in [0.15, 0.2) is 12.1 Å². The SMILES string of the molecule is Cl.Cl.N#CC[C@H](c1c(F)ccc(F)c1Cl)N1CCNCC1. The number of hydrogen-bond acceptors (Lipinski definition) is 3. The molecule has 0 bridgehead atoms. The predicted molar refractivity (Wildman–Crippen MR) is 83.3 cm³/mol. The number of rotatable bonds is 3. The third-order valence-corrected chi connectivity index (χ3v) is 3.67.